The Balaban J connectivity index is 2.14. The van der Waals surface area contributed by atoms with Crippen molar-refractivity contribution in [3.05, 3.63) is 81.5 Å². The van der Waals surface area contributed by atoms with E-state index in [-0.39, 0.29) is 0 Å². The lowest BCUT2D eigenvalue weighted by atomic mass is 10.1. The van der Waals surface area contributed by atoms with Crippen LogP contribution in [-0.2, 0) is 13.1 Å². The molecule has 3 heteroatoms. The van der Waals surface area contributed by atoms with E-state index in [1.807, 2.05) is 24.3 Å². The highest BCUT2D eigenvalue weighted by molar-refractivity contribution is 6.30. The van der Waals surface area contributed by atoms with Gasteiger partial charge in [0.2, 0.25) is 0 Å². The Bertz CT molecular complexity index is 553. The van der Waals surface area contributed by atoms with Crippen LogP contribution in [-0.4, -0.2) is 4.90 Å². The molecule has 21 heavy (non-hydrogen) atoms. The Kier molecular flexibility index (Phi) is 5.72. The lowest BCUT2D eigenvalue weighted by molar-refractivity contribution is 0.329. The van der Waals surface area contributed by atoms with Gasteiger partial charge < -0.3 is 4.90 Å². The van der Waals surface area contributed by atoms with E-state index >= 15 is 0 Å². The second kappa shape index (κ2) is 7.53. The number of allylic oxidation sites excluding steroid dienone is 2. The van der Waals surface area contributed by atoms with Gasteiger partial charge in [-0.1, -0.05) is 53.5 Å². The highest BCUT2D eigenvalue weighted by Gasteiger charge is 2.07. The van der Waals surface area contributed by atoms with E-state index in [2.05, 4.69) is 49.1 Å². The van der Waals surface area contributed by atoms with E-state index < -0.39 is 0 Å². The predicted molar refractivity (Wildman–Crippen MR) is 91.6 cm³/mol. The quantitative estimate of drug-likeness (QED) is 0.661. The van der Waals surface area contributed by atoms with Crippen molar-refractivity contribution in [1.82, 2.24) is 4.90 Å². The lowest BCUT2D eigenvalue weighted by Gasteiger charge is -2.26. The molecule has 0 fully saturated rings. The molecule has 0 unspecified atom stereocenters. The molecule has 0 aliphatic heterocycles. The molecule has 0 atom stereocenters. The molecule has 0 saturated heterocycles. The van der Waals surface area contributed by atoms with Gasteiger partial charge in [0.25, 0.3) is 0 Å². The Hall–Kier alpha value is -1.44. The number of hydrogen-bond donors (Lipinski definition) is 0. The molecular weight excluding hydrogens is 301 g/mol. The second-order valence-electron chi connectivity index (χ2n) is 5.04. The molecule has 0 bridgehead atoms. The van der Waals surface area contributed by atoms with E-state index in [1.165, 1.54) is 16.8 Å². The Labute approximate surface area is 136 Å². The summed E-state index contributed by atoms with van der Waals surface area (Å²) in [6.07, 6.45) is 2.13. The number of halogens is 2. The van der Waals surface area contributed by atoms with Crippen LogP contribution in [0.5, 0.6) is 0 Å². The Morgan fingerprint density at radius 1 is 0.857 bits per heavy atom. The average Bonchev–Trinajstić information content (AvgIpc) is 2.50. The molecule has 0 spiro atoms. The maximum Gasteiger partial charge on any atom is 0.0430 e. The summed E-state index contributed by atoms with van der Waals surface area (Å²) >= 11 is 11.9. The number of rotatable bonds is 5. The predicted octanol–water partition coefficient (Wildman–Crippen LogP) is 5.92. The third-order valence-electron chi connectivity index (χ3n) is 3.49. The summed E-state index contributed by atoms with van der Waals surface area (Å²) in [7, 11) is 0. The molecule has 2 aromatic rings. The molecule has 2 rings (SSSR count). The van der Waals surface area contributed by atoms with Crippen molar-refractivity contribution in [3.63, 3.8) is 0 Å². The third kappa shape index (κ3) is 4.80. The van der Waals surface area contributed by atoms with E-state index in [0.29, 0.717) is 0 Å². The monoisotopic (exact) mass is 319 g/mol. The first-order chi connectivity index (χ1) is 10.1. The molecule has 2 aromatic carbocycles. The van der Waals surface area contributed by atoms with Crippen molar-refractivity contribution in [2.75, 3.05) is 0 Å². The minimum Gasteiger partial charge on any atom is -0.367 e. The number of hydrogen-bond acceptors (Lipinski definition) is 1. The molecule has 0 amide bonds. The number of benzene rings is 2. The van der Waals surface area contributed by atoms with Crippen LogP contribution in [0, 0.1) is 0 Å². The van der Waals surface area contributed by atoms with Crippen molar-refractivity contribution >= 4 is 23.2 Å². The second-order valence-corrected chi connectivity index (χ2v) is 5.91. The minimum atomic E-state index is 0.769. The molecule has 1 nitrogen and oxygen atoms in total. The van der Waals surface area contributed by atoms with Crippen LogP contribution >= 0.6 is 23.2 Å². The van der Waals surface area contributed by atoms with Gasteiger partial charge >= 0.3 is 0 Å². The summed E-state index contributed by atoms with van der Waals surface area (Å²) in [4.78, 5) is 2.34. The summed E-state index contributed by atoms with van der Waals surface area (Å²) in [5, 5.41) is 1.54. The maximum atomic E-state index is 5.95. The maximum absolute atomic E-state index is 5.95. The van der Waals surface area contributed by atoms with Gasteiger partial charge in [0.15, 0.2) is 0 Å². The molecule has 0 aliphatic rings. The van der Waals surface area contributed by atoms with Gasteiger partial charge in [0.05, 0.1) is 0 Å². The third-order valence-corrected chi connectivity index (χ3v) is 3.99. The zero-order valence-corrected chi connectivity index (χ0v) is 13.8. The van der Waals surface area contributed by atoms with E-state index in [4.69, 9.17) is 23.2 Å². The smallest absolute Gasteiger partial charge is 0.0430 e. The highest BCUT2D eigenvalue weighted by atomic mass is 35.5. The lowest BCUT2D eigenvalue weighted by Crippen LogP contribution is -2.20. The van der Waals surface area contributed by atoms with Gasteiger partial charge in [-0.2, -0.15) is 0 Å². The van der Waals surface area contributed by atoms with Crippen LogP contribution in [0.25, 0.3) is 0 Å². The first-order valence-electron chi connectivity index (χ1n) is 6.95. The zero-order valence-electron chi connectivity index (χ0n) is 12.3. The SMILES string of the molecule is CC=C(C)N(Cc1ccc(Cl)cc1)Cc1ccc(Cl)cc1. The molecule has 0 aromatic heterocycles. The Morgan fingerprint density at radius 2 is 1.24 bits per heavy atom. The van der Waals surface area contributed by atoms with Crippen molar-refractivity contribution in [3.8, 4) is 0 Å². The summed E-state index contributed by atoms with van der Waals surface area (Å²) in [6.45, 7) is 5.91. The zero-order chi connectivity index (χ0) is 15.2. The van der Waals surface area contributed by atoms with Gasteiger partial charge in [-0.25, -0.2) is 0 Å². The standard InChI is InChI=1S/C18H19Cl2N/c1-3-14(2)21(12-15-4-8-17(19)9-5-15)13-16-6-10-18(20)11-7-16/h3-11H,12-13H2,1-2H3. The average molecular weight is 320 g/mol. The van der Waals surface area contributed by atoms with Crippen LogP contribution in [0.1, 0.15) is 25.0 Å². The first kappa shape index (κ1) is 15.9. The van der Waals surface area contributed by atoms with Gasteiger partial charge in [-0.3, -0.25) is 0 Å². The summed E-state index contributed by atoms with van der Waals surface area (Å²) in [5.74, 6) is 0. The fourth-order valence-corrected chi connectivity index (χ4v) is 2.36. The summed E-state index contributed by atoms with van der Waals surface area (Å²) in [5.41, 5.74) is 3.74. The first-order valence-corrected chi connectivity index (χ1v) is 7.71. The Morgan fingerprint density at radius 3 is 1.57 bits per heavy atom. The fraction of sp³-hybridized carbons (Fsp3) is 0.222. The van der Waals surface area contributed by atoms with Gasteiger partial charge in [-0.15, -0.1) is 0 Å². The molecule has 110 valence electrons. The highest BCUT2D eigenvalue weighted by Crippen LogP contribution is 2.18. The fourth-order valence-electron chi connectivity index (χ4n) is 2.11. The van der Waals surface area contributed by atoms with Crippen LogP contribution < -0.4 is 0 Å². The van der Waals surface area contributed by atoms with Crippen LogP contribution in [0.3, 0.4) is 0 Å². The minimum absolute atomic E-state index is 0.769. The topological polar surface area (TPSA) is 3.24 Å². The normalized spacial score (nSPS) is 11.5. The van der Waals surface area contributed by atoms with Gasteiger partial charge in [0.1, 0.15) is 0 Å². The molecule has 0 heterocycles. The van der Waals surface area contributed by atoms with Gasteiger partial charge in [0, 0.05) is 28.8 Å². The molecule has 0 aliphatic carbocycles. The van der Waals surface area contributed by atoms with Crippen molar-refractivity contribution in [1.29, 1.82) is 0 Å². The van der Waals surface area contributed by atoms with Crippen molar-refractivity contribution in [2.24, 2.45) is 0 Å². The summed E-state index contributed by atoms with van der Waals surface area (Å²) < 4.78 is 0. The summed E-state index contributed by atoms with van der Waals surface area (Å²) in [6, 6.07) is 16.0. The van der Waals surface area contributed by atoms with Gasteiger partial charge in [-0.05, 0) is 49.2 Å². The molecule has 0 saturated carbocycles. The molecule has 0 N–H and O–H groups in total. The van der Waals surface area contributed by atoms with E-state index in [1.54, 1.807) is 0 Å². The van der Waals surface area contributed by atoms with Crippen molar-refractivity contribution < 1.29 is 0 Å². The van der Waals surface area contributed by atoms with E-state index in [0.717, 1.165) is 23.1 Å². The van der Waals surface area contributed by atoms with Crippen LogP contribution in [0.15, 0.2) is 60.3 Å². The molecular formula is C18H19Cl2N. The molecule has 0 radical (unpaired) electrons. The van der Waals surface area contributed by atoms with Crippen molar-refractivity contribution in [2.45, 2.75) is 26.9 Å². The largest absolute Gasteiger partial charge is 0.367 e. The van der Waals surface area contributed by atoms with Crippen LogP contribution in [0.4, 0.5) is 0 Å². The number of nitrogens with zero attached hydrogens (tertiary/aromatic N) is 1. The van der Waals surface area contributed by atoms with Crippen LogP contribution in [0.2, 0.25) is 10.0 Å². The van der Waals surface area contributed by atoms with E-state index in [9.17, 15) is 0 Å².